The molecule has 4 nitrogen and oxygen atoms in total. The molecule has 0 saturated heterocycles. The van der Waals surface area contributed by atoms with E-state index in [9.17, 15) is 17.8 Å². The zero-order valence-electron chi connectivity index (χ0n) is 9.06. The molecule has 0 amide bonds. The first-order valence-corrected chi connectivity index (χ1v) is 6.63. The van der Waals surface area contributed by atoms with Crippen molar-refractivity contribution in [2.75, 3.05) is 0 Å². The highest BCUT2D eigenvalue weighted by Gasteiger charge is 2.61. The molecule has 0 aromatic carbocycles. The fourth-order valence-electron chi connectivity index (χ4n) is 3.27. The third-order valence-corrected chi connectivity index (χ3v) is 5.75. The van der Waals surface area contributed by atoms with Crippen molar-refractivity contribution in [3.05, 3.63) is 0 Å². The Balaban J connectivity index is 2.46. The molecule has 2 bridgehead atoms. The highest BCUT2D eigenvalue weighted by atomic mass is 32.2. The molecule has 0 aromatic rings. The molecule has 0 aliphatic heterocycles. The Hall–Kier alpha value is -0.420. The van der Waals surface area contributed by atoms with Gasteiger partial charge in [-0.3, -0.25) is 4.79 Å². The van der Waals surface area contributed by atoms with Crippen LogP contribution in [0.25, 0.3) is 0 Å². The predicted octanol–water partition coefficient (Wildman–Crippen LogP) is 0.781. The average Bonchev–Trinajstić information content (AvgIpc) is 2.48. The van der Waals surface area contributed by atoms with Crippen molar-refractivity contribution >= 4 is 15.9 Å². The minimum Gasteiger partial charge on any atom is -0.747 e. The van der Waals surface area contributed by atoms with Crippen LogP contribution in [0.5, 0.6) is 0 Å². The number of rotatable bonds is 1. The number of fused-ring (bicyclic) bond motifs is 2. The largest absolute Gasteiger partial charge is 0.747 e. The van der Waals surface area contributed by atoms with E-state index in [-0.39, 0.29) is 29.0 Å². The van der Waals surface area contributed by atoms with Crippen LogP contribution in [0.2, 0.25) is 0 Å². The van der Waals surface area contributed by atoms with Crippen LogP contribution in [0.1, 0.15) is 27.2 Å². The first kappa shape index (κ1) is 11.1. The highest BCUT2D eigenvalue weighted by Crippen LogP contribution is 2.58. The topological polar surface area (TPSA) is 74.3 Å². The number of hydrogen-bond donors (Lipinski definition) is 0. The smallest absolute Gasteiger partial charge is 0.153 e. The third-order valence-electron chi connectivity index (χ3n) is 4.56. The Morgan fingerprint density at radius 1 is 1.40 bits per heavy atom. The van der Waals surface area contributed by atoms with E-state index in [1.54, 1.807) is 0 Å². The molecule has 2 saturated carbocycles. The first-order chi connectivity index (χ1) is 6.67. The van der Waals surface area contributed by atoms with Gasteiger partial charge >= 0.3 is 0 Å². The maximum atomic E-state index is 11.7. The molecule has 2 rings (SSSR count). The van der Waals surface area contributed by atoms with Crippen LogP contribution in [0.15, 0.2) is 0 Å². The summed E-state index contributed by atoms with van der Waals surface area (Å²) >= 11 is 0. The van der Waals surface area contributed by atoms with Gasteiger partial charge in [0.2, 0.25) is 0 Å². The van der Waals surface area contributed by atoms with Gasteiger partial charge in [0.1, 0.15) is 15.4 Å². The SMILES string of the molecule is CC1C2CC(C(S(=O)(=O)[O-])C2=O)C1(C)C. The van der Waals surface area contributed by atoms with Gasteiger partial charge in [0, 0.05) is 5.92 Å². The van der Waals surface area contributed by atoms with E-state index in [0.29, 0.717) is 6.42 Å². The second kappa shape index (κ2) is 2.83. The van der Waals surface area contributed by atoms with Gasteiger partial charge < -0.3 is 4.55 Å². The van der Waals surface area contributed by atoms with E-state index in [1.165, 1.54) is 0 Å². The van der Waals surface area contributed by atoms with Gasteiger partial charge in [-0.1, -0.05) is 20.8 Å². The Morgan fingerprint density at radius 2 is 1.93 bits per heavy atom. The van der Waals surface area contributed by atoms with Gasteiger partial charge in [0.05, 0.1) is 0 Å². The molecule has 0 aromatic heterocycles. The van der Waals surface area contributed by atoms with Crippen molar-refractivity contribution in [3.8, 4) is 0 Å². The second-order valence-corrected chi connectivity index (χ2v) is 6.87. The zero-order valence-corrected chi connectivity index (χ0v) is 9.87. The van der Waals surface area contributed by atoms with E-state index >= 15 is 0 Å². The monoisotopic (exact) mass is 231 g/mol. The van der Waals surface area contributed by atoms with E-state index < -0.39 is 15.4 Å². The Morgan fingerprint density at radius 3 is 2.33 bits per heavy atom. The van der Waals surface area contributed by atoms with Gasteiger partial charge in [0.25, 0.3) is 0 Å². The lowest BCUT2D eigenvalue weighted by Crippen LogP contribution is -2.46. The van der Waals surface area contributed by atoms with E-state index in [0.717, 1.165) is 0 Å². The minimum atomic E-state index is -4.48. The van der Waals surface area contributed by atoms with Gasteiger partial charge in [-0.2, -0.15) is 0 Å². The van der Waals surface area contributed by atoms with Gasteiger partial charge in [-0.25, -0.2) is 8.42 Å². The number of ketones is 1. The summed E-state index contributed by atoms with van der Waals surface area (Å²) in [6.07, 6.45) is 0.569. The molecule has 0 radical (unpaired) electrons. The molecule has 15 heavy (non-hydrogen) atoms. The maximum Gasteiger partial charge on any atom is 0.153 e. The lowest BCUT2D eigenvalue weighted by Gasteiger charge is -2.40. The second-order valence-electron chi connectivity index (χ2n) is 5.37. The predicted molar refractivity (Wildman–Crippen MR) is 53.0 cm³/mol. The molecule has 0 heterocycles. The standard InChI is InChI=1S/C10H16O4S/c1-5-6-4-7(10(5,2)3)9(8(6)11)15(12,13)14/h5-7,9H,4H2,1-3H3,(H,12,13,14)/p-1. The fourth-order valence-corrected chi connectivity index (χ4v) is 4.59. The van der Waals surface area contributed by atoms with Gasteiger partial charge in [0.15, 0.2) is 5.78 Å². The average molecular weight is 231 g/mol. The van der Waals surface area contributed by atoms with Crippen LogP contribution in [0.4, 0.5) is 0 Å². The summed E-state index contributed by atoms with van der Waals surface area (Å²) in [5, 5.41) is -1.28. The molecule has 86 valence electrons. The molecular weight excluding hydrogens is 216 g/mol. The summed E-state index contributed by atoms with van der Waals surface area (Å²) in [7, 11) is -4.48. The molecule has 2 aliphatic carbocycles. The lowest BCUT2D eigenvalue weighted by atomic mass is 9.69. The molecule has 0 N–H and O–H groups in total. The summed E-state index contributed by atoms with van der Waals surface area (Å²) in [5.74, 6) is -0.680. The highest BCUT2D eigenvalue weighted by molar-refractivity contribution is 7.87. The van der Waals surface area contributed by atoms with Gasteiger partial charge in [-0.05, 0) is 23.7 Å². The number of hydrogen-bond acceptors (Lipinski definition) is 4. The molecule has 4 unspecified atom stereocenters. The summed E-state index contributed by atoms with van der Waals surface area (Å²) in [4.78, 5) is 11.7. The Labute approximate surface area is 89.8 Å². The van der Waals surface area contributed by atoms with Crippen LogP contribution in [-0.4, -0.2) is 24.0 Å². The molecule has 4 atom stereocenters. The summed E-state index contributed by atoms with van der Waals surface area (Å²) < 4.78 is 33.2. The minimum absolute atomic E-state index is 0.174. The van der Waals surface area contributed by atoms with Crippen LogP contribution in [0.3, 0.4) is 0 Å². The van der Waals surface area contributed by atoms with E-state index in [4.69, 9.17) is 0 Å². The molecule has 2 fully saturated rings. The van der Waals surface area contributed by atoms with Crippen LogP contribution in [-0.2, 0) is 14.9 Å². The summed E-state index contributed by atoms with van der Waals surface area (Å²) in [6, 6.07) is 0. The van der Waals surface area contributed by atoms with Crippen molar-refractivity contribution in [1.82, 2.24) is 0 Å². The number of carbonyl (C=O) groups excluding carboxylic acids is 1. The summed E-state index contributed by atoms with van der Waals surface area (Å²) in [6.45, 7) is 5.87. The molecule has 5 heteroatoms. The lowest BCUT2D eigenvalue weighted by molar-refractivity contribution is -0.125. The van der Waals surface area contributed by atoms with E-state index in [2.05, 4.69) is 0 Å². The van der Waals surface area contributed by atoms with Crippen molar-refractivity contribution in [3.63, 3.8) is 0 Å². The first-order valence-electron chi connectivity index (χ1n) is 5.16. The summed E-state index contributed by atoms with van der Waals surface area (Å²) in [5.41, 5.74) is -0.222. The Bertz CT molecular complexity index is 409. The fraction of sp³-hybridized carbons (Fsp3) is 0.900. The molecule has 0 spiro atoms. The Kier molecular flexibility index (Phi) is 2.09. The molecular formula is C10H15O4S-. The van der Waals surface area contributed by atoms with Crippen molar-refractivity contribution in [2.45, 2.75) is 32.4 Å². The quantitative estimate of drug-likeness (QED) is 0.625. The number of carbonyl (C=O) groups is 1. The number of Topliss-reactive ketones (excluding diaryl/α,β-unsaturated/α-hetero) is 1. The van der Waals surface area contributed by atoms with Crippen LogP contribution >= 0.6 is 0 Å². The van der Waals surface area contributed by atoms with E-state index in [1.807, 2.05) is 20.8 Å². The maximum absolute atomic E-state index is 11.7. The van der Waals surface area contributed by atoms with Crippen LogP contribution in [0, 0.1) is 23.2 Å². The zero-order chi connectivity index (χ0) is 11.6. The van der Waals surface area contributed by atoms with Crippen molar-refractivity contribution < 1.29 is 17.8 Å². The van der Waals surface area contributed by atoms with Crippen LogP contribution < -0.4 is 0 Å². The van der Waals surface area contributed by atoms with Crippen molar-refractivity contribution in [2.24, 2.45) is 23.2 Å². The normalized spacial score (nSPS) is 43.6. The third kappa shape index (κ3) is 1.29. The van der Waals surface area contributed by atoms with Crippen molar-refractivity contribution in [1.29, 1.82) is 0 Å². The molecule has 2 aliphatic rings. The van der Waals surface area contributed by atoms with Gasteiger partial charge in [-0.15, -0.1) is 0 Å².